The predicted molar refractivity (Wildman–Crippen MR) is 106 cm³/mol. The average molecular weight is 383 g/mol. The quantitative estimate of drug-likeness (QED) is 0.519. The number of para-hydroxylation sites is 3. The molecule has 0 aliphatic heterocycles. The summed E-state index contributed by atoms with van der Waals surface area (Å²) in [6.07, 6.45) is 0. The SMILES string of the molecule is COc1ccccc1NC(=O)C(=O)c1cc(C)n(-c2ccccc2Cl)c1C. The number of benzene rings is 2. The van der Waals surface area contributed by atoms with Gasteiger partial charge < -0.3 is 14.6 Å². The minimum Gasteiger partial charge on any atom is -0.495 e. The standard InChI is InChI=1S/C21H19ClN2O3/c1-13-12-15(14(2)24(13)18-10-6-4-8-16(18)22)20(25)21(26)23-17-9-5-7-11-19(17)27-3/h4-12H,1-3H3,(H,23,26). The first kappa shape index (κ1) is 18.7. The number of ketones is 1. The molecule has 1 amide bonds. The first-order valence-electron chi connectivity index (χ1n) is 8.36. The number of Topliss-reactive ketones (excluding diaryl/α,β-unsaturated/α-hetero) is 1. The van der Waals surface area contributed by atoms with Gasteiger partial charge in [0.25, 0.3) is 11.7 Å². The molecule has 2 aromatic carbocycles. The van der Waals surface area contributed by atoms with Crippen LogP contribution in [0, 0.1) is 13.8 Å². The Labute approximate surface area is 162 Å². The summed E-state index contributed by atoms with van der Waals surface area (Å²) in [4.78, 5) is 25.3. The average Bonchev–Trinajstić information content (AvgIpc) is 2.96. The van der Waals surface area contributed by atoms with Crippen molar-refractivity contribution in [3.8, 4) is 11.4 Å². The number of hydrogen-bond donors (Lipinski definition) is 1. The number of methoxy groups -OCH3 is 1. The smallest absolute Gasteiger partial charge is 0.296 e. The molecule has 3 rings (SSSR count). The van der Waals surface area contributed by atoms with Gasteiger partial charge in [0.1, 0.15) is 5.75 Å². The molecule has 0 atom stereocenters. The second-order valence-electron chi connectivity index (χ2n) is 6.06. The third kappa shape index (κ3) is 3.59. The van der Waals surface area contributed by atoms with Gasteiger partial charge in [0.2, 0.25) is 0 Å². The van der Waals surface area contributed by atoms with E-state index in [4.69, 9.17) is 16.3 Å². The summed E-state index contributed by atoms with van der Waals surface area (Å²) in [7, 11) is 1.50. The van der Waals surface area contributed by atoms with Gasteiger partial charge in [-0.15, -0.1) is 0 Å². The fraction of sp³-hybridized carbons (Fsp3) is 0.143. The first-order valence-corrected chi connectivity index (χ1v) is 8.74. The minimum atomic E-state index is -0.723. The molecule has 1 heterocycles. The summed E-state index contributed by atoms with van der Waals surface area (Å²) in [6.45, 7) is 3.66. The van der Waals surface area contributed by atoms with Crippen molar-refractivity contribution in [3.63, 3.8) is 0 Å². The molecule has 0 saturated heterocycles. The molecule has 5 nitrogen and oxygen atoms in total. The third-order valence-electron chi connectivity index (χ3n) is 4.33. The zero-order valence-corrected chi connectivity index (χ0v) is 16.0. The number of aryl methyl sites for hydroxylation is 1. The van der Waals surface area contributed by atoms with Crippen molar-refractivity contribution in [2.24, 2.45) is 0 Å². The van der Waals surface area contributed by atoms with Gasteiger partial charge in [0, 0.05) is 17.0 Å². The number of amides is 1. The van der Waals surface area contributed by atoms with Crippen LogP contribution in [0.2, 0.25) is 5.02 Å². The molecule has 138 valence electrons. The van der Waals surface area contributed by atoms with E-state index in [9.17, 15) is 9.59 Å². The van der Waals surface area contributed by atoms with Crippen LogP contribution in [0.3, 0.4) is 0 Å². The lowest BCUT2D eigenvalue weighted by Crippen LogP contribution is -2.23. The Morgan fingerprint density at radius 3 is 2.41 bits per heavy atom. The largest absolute Gasteiger partial charge is 0.495 e. The number of hydrogen-bond acceptors (Lipinski definition) is 3. The summed E-state index contributed by atoms with van der Waals surface area (Å²) in [5.41, 5.74) is 3.01. The van der Waals surface area contributed by atoms with Gasteiger partial charge in [-0.1, -0.05) is 35.9 Å². The molecule has 27 heavy (non-hydrogen) atoms. The highest BCUT2D eigenvalue weighted by atomic mass is 35.5. The number of nitrogens with one attached hydrogen (secondary N) is 1. The molecule has 0 aliphatic carbocycles. The number of halogens is 1. The number of anilines is 1. The number of aromatic nitrogens is 1. The summed E-state index contributed by atoms with van der Waals surface area (Å²) in [6, 6.07) is 16.0. The predicted octanol–water partition coefficient (Wildman–Crippen LogP) is 4.58. The van der Waals surface area contributed by atoms with Gasteiger partial charge in [-0.2, -0.15) is 0 Å². The van der Waals surface area contributed by atoms with Crippen molar-refractivity contribution in [1.82, 2.24) is 4.57 Å². The van der Waals surface area contributed by atoms with E-state index >= 15 is 0 Å². The lowest BCUT2D eigenvalue weighted by atomic mass is 10.1. The first-order chi connectivity index (χ1) is 12.9. The third-order valence-corrected chi connectivity index (χ3v) is 4.65. The van der Waals surface area contributed by atoms with Crippen LogP contribution >= 0.6 is 11.6 Å². The van der Waals surface area contributed by atoms with Gasteiger partial charge in [0.05, 0.1) is 23.5 Å². The van der Waals surface area contributed by atoms with E-state index in [0.29, 0.717) is 27.7 Å². The molecule has 0 aliphatic rings. The fourth-order valence-electron chi connectivity index (χ4n) is 3.05. The van der Waals surface area contributed by atoms with Crippen molar-refractivity contribution < 1.29 is 14.3 Å². The molecule has 1 aromatic heterocycles. The highest BCUT2D eigenvalue weighted by Crippen LogP contribution is 2.27. The summed E-state index contributed by atoms with van der Waals surface area (Å²) >= 11 is 6.30. The zero-order valence-electron chi connectivity index (χ0n) is 15.2. The summed E-state index contributed by atoms with van der Waals surface area (Å²) in [5.74, 6) is -0.855. The molecule has 0 radical (unpaired) electrons. The van der Waals surface area contributed by atoms with Gasteiger partial charge in [-0.25, -0.2) is 0 Å². The Morgan fingerprint density at radius 2 is 1.70 bits per heavy atom. The molecule has 1 N–H and O–H groups in total. The Morgan fingerprint density at radius 1 is 1.04 bits per heavy atom. The Hall–Kier alpha value is -3.05. The number of rotatable bonds is 5. The van der Waals surface area contributed by atoms with Crippen LogP contribution in [0.4, 0.5) is 5.69 Å². The molecular formula is C21H19ClN2O3. The maximum atomic E-state index is 12.8. The van der Waals surface area contributed by atoms with Gasteiger partial charge in [-0.3, -0.25) is 9.59 Å². The van der Waals surface area contributed by atoms with Crippen LogP contribution in [0.25, 0.3) is 5.69 Å². The summed E-state index contributed by atoms with van der Waals surface area (Å²) < 4.78 is 7.07. The molecular weight excluding hydrogens is 364 g/mol. The van der Waals surface area contributed by atoms with E-state index in [1.165, 1.54) is 7.11 Å². The molecule has 0 bridgehead atoms. The molecule has 0 spiro atoms. The van der Waals surface area contributed by atoms with E-state index in [1.54, 1.807) is 43.3 Å². The van der Waals surface area contributed by atoms with Crippen LogP contribution in [-0.4, -0.2) is 23.4 Å². The second-order valence-corrected chi connectivity index (χ2v) is 6.46. The Balaban J connectivity index is 1.93. The van der Waals surface area contributed by atoms with E-state index < -0.39 is 11.7 Å². The van der Waals surface area contributed by atoms with Crippen LogP contribution in [0.1, 0.15) is 21.7 Å². The van der Waals surface area contributed by atoms with E-state index in [2.05, 4.69) is 5.32 Å². The van der Waals surface area contributed by atoms with Crippen molar-refractivity contribution in [3.05, 3.63) is 76.6 Å². The number of ether oxygens (including phenoxy) is 1. The fourth-order valence-corrected chi connectivity index (χ4v) is 3.27. The number of carbonyl (C=O) groups excluding carboxylic acids is 2. The van der Waals surface area contributed by atoms with E-state index in [-0.39, 0.29) is 0 Å². The maximum Gasteiger partial charge on any atom is 0.296 e. The van der Waals surface area contributed by atoms with Crippen molar-refractivity contribution in [1.29, 1.82) is 0 Å². The lowest BCUT2D eigenvalue weighted by Gasteiger charge is -2.12. The molecule has 3 aromatic rings. The van der Waals surface area contributed by atoms with Crippen molar-refractivity contribution in [2.75, 3.05) is 12.4 Å². The van der Waals surface area contributed by atoms with E-state index in [1.807, 2.05) is 29.7 Å². The number of carbonyl (C=O) groups is 2. The monoisotopic (exact) mass is 382 g/mol. The van der Waals surface area contributed by atoms with Crippen LogP contribution < -0.4 is 10.1 Å². The van der Waals surface area contributed by atoms with Crippen LogP contribution in [-0.2, 0) is 4.79 Å². The Kier molecular flexibility index (Phi) is 5.33. The van der Waals surface area contributed by atoms with Crippen LogP contribution in [0.15, 0.2) is 54.6 Å². The minimum absolute atomic E-state index is 0.333. The molecule has 6 heteroatoms. The lowest BCUT2D eigenvalue weighted by molar-refractivity contribution is -0.112. The van der Waals surface area contributed by atoms with Gasteiger partial charge in [-0.05, 0) is 44.2 Å². The van der Waals surface area contributed by atoms with Crippen molar-refractivity contribution >= 4 is 29.0 Å². The van der Waals surface area contributed by atoms with Crippen molar-refractivity contribution in [2.45, 2.75) is 13.8 Å². The normalized spacial score (nSPS) is 10.5. The maximum absolute atomic E-state index is 12.8. The highest BCUT2D eigenvalue weighted by molar-refractivity contribution is 6.47. The summed E-state index contributed by atoms with van der Waals surface area (Å²) in [5, 5.41) is 3.18. The van der Waals surface area contributed by atoms with Gasteiger partial charge >= 0.3 is 0 Å². The molecule has 0 fully saturated rings. The molecule has 0 saturated carbocycles. The van der Waals surface area contributed by atoms with Crippen LogP contribution in [0.5, 0.6) is 5.75 Å². The Bertz CT molecular complexity index is 1020. The van der Waals surface area contributed by atoms with Gasteiger partial charge in [0.15, 0.2) is 0 Å². The topological polar surface area (TPSA) is 60.3 Å². The van der Waals surface area contributed by atoms with E-state index in [0.717, 1.165) is 11.4 Å². The molecule has 0 unspecified atom stereocenters. The highest BCUT2D eigenvalue weighted by Gasteiger charge is 2.24. The number of nitrogens with zero attached hydrogens (tertiary/aromatic N) is 1. The zero-order chi connectivity index (χ0) is 19.6. The second kappa shape index (κ2) is 7.68.